The third-order valence-corrected chi connectivity index (χ3v) is 4.61. The number of carbonyl (C=O) groups excluding carboxylic acids is 1. The van der Waals surface area contributed by atoms with Gasteiger partial charge in [0.25, 0.3) is 5.91 Å². The highest BCUT2D eigenvalue weighted by atomic mass is 32.1. The maximum Gasteiger partial charge on any atom is 0.267 e. The number of aryl methyl sites for hydroxylation is 1. The number of hydrogen-bond acceptors (Lipinski definition) is 5. The van der Waals surface area contributed by atoms with Crippen LogP contribution in [0.5, 0.6) is 5.75 Å². The van der Waals surface area contributed by atoms with Gasteiger partial charge in [-0.25, -0.2) is 9.37 Å². The van der Waals surface area contributed by atoms with E-state index in [0.29, 0.717) is 39.4 Å². The van der Waals surface area contributed by atoms with Gasteiger partial charge in [0.2, 0.25) is 0 Å². The molecule has 0 atom stereocenters. The van der Waals surface area contributed by atoms with Gasteiger partial charge in [0.1, 0.15) is 16.4 Å². The summed E-state index contributed by atoms with van der Waals surface area (Å²) in [4.78, 5) is 17.5. The van der Waals surface area contributed by atoms with Crippen LogP contribution in [0.3, 0.4) is 0 Å². The first kappa shape index (κ1) is 17.9. The molecule has 0 unspecified atom stereocenters. The van der Waals surface area contributed by atoms with E-state index in [-0.39, 0.29) is 11.7 Å². The van der Waals surface area contributed by atoms with Gasteiger partial charge in [0.05, 0.1) is 18.0 Å². The molecule has 0 aliphatic carbocycles. The first-order valence-electron chi connectivity index (χ1n) is 8.10. The van der Waals surface area contributed by atoms with Crippen molar-refractivity contribution in [3.63, 3.8) is 0 Å². The zero-order valence-corrected chi connectivity index (χ0v) is 15.2. The van der Waals surface area contributed by atoms with Gasteiger partial charge < -0.3 is 15.4 Å². The molecule has 0 spiro atoms. The summed E-state index contributed by atoms with van der Waals surface area (Å²) in [5.74, 6) is 0.0633. The van der Waals surface area contributed by atoms with Crippen molar-refractivity contribution in [1.82, 2.24) is 4.98 Å². The zero-order valence-electron chi connectivity index (χ0n) is 14.4. The molecule has 0 aliphatic heterocycles. The maximum absolute atomic E-state index is 13.0. The van der Waals surface area contributed by atoms with E-state index < -0.39 is 0 Å². The molecule has 1 aromatic heterocycles. The van der Waals surface area contributed by atoms with Crippen LogP contribution in [-0.4, -0.2) is 17.5 Å². The lowest BCUT2D eigenvalue weighted by atomic mass is 10.2. The van der Waals surface area contributed by atoms with Crippen LogP contribution in [0, 0.1) is 12.7 Å². The van der Waals surface area contributed by atoms with Crippen LogP contribution >= 0.6 is 11.3 Å². The third-order valence-electron chi connectivity index (χ3n) is 3.53. The highest BCUT2D eigenvalue weighted by Crippen LogP contribution is 2.29. The number of anilines is 3. The molecule has 0 fully saturated rings. The van der Waals surface area contributed by atoms with Crippen molar-refractivity contribution in [2.75, 3.05) is 17.2 Å². The minimum Gasteiger partial charge on any atom is -0.492 e. The topological polar surface area (TPSA) is 63.2 Å². The van der Waals surface area contributed by atoms with Gasteiger partial charge >= 0.3 is 0 Å². The first-order valence-corrected chi connectivity index (χ1v) is 8.91. The minimum atomic E-state index is -0.307. The summed E-state index contributed by atoms with van der Waals surface area (Å²) in [5.41, 5.74) is 1.93. The second-order valence-corrected chi connectivity index (χ2v) is 6.45. The molecule has 2 aromatic carbocycles. The Hall–Kier alpha value is -2.93. The van der Waals surface area contributed by atoms with Crippen LogP contribution < -0.4 is 15.4 Å². The number of halogens is 1. The molecule has 2 N–H and O–H groups in total. The molecule has 7 heteroatoms. The average Bonchev–Trinajstić information content (AvgIpc) is 2.99. The summed E-state index contributed by atoms with van der Waals surface area (Å²) in [5, 5.41) is 6.51. The standard InChI is InChI=1S/C19H18FN3O2S/c1-3-25-16-7-5-4-6-15(16)23-18(24)17-12(2)21-19(26-17)22-14-10-8-13(20)9-11-14/h4-11H,3H2,1-2H3,(H,21,22)(H,23,24). The number of aromatic nitrogens is 1. The Morgan fingerprint density at radius 1 is 1.19 bits per heavy atom. The summed E-state index contributed by atoms with van der Waals surface area (Å²) in [6.45, 7) is 4.17. The molecule has 3 aromatic rings. The number of para-hydroxylation sites is 2. The molecule has 26 heavy (non-hydrogen) atoms. The number of carbonyl (C=O) groups is 1. The smallest absolute Gasteiger partial charge is 0.267 e. The van der Waals surface area contributed by atoms with Crippen molar-refractivity contribution >= 4 is 33.8 Å². The Morgan fingerprint density at radius 2 is 1.92 bits per heavy atom. The number of benzene rings is 2. The van der Waals surface area contributed by atoms with Gasteiger partial charge in [-0.05, 0) is 50.2 Å². The Balaban J connectivity index is 1.76. The van der Waals surface area contributed by atoms with E-state index in [1.54, 1.807) is 31.2 Å². The first-order chi connectivity index (χ1) is 12.6. The molecule has 134 valence electrons. The van der Waals surface area contributed by atoms with Crippen molar-refractivity contribution in [3.05, 3.63) is 64.9 Å². The fourth-order valence-corrected chi connectivity index (χ4v) is 3.23. The van der Waals surface area contributed by atoms with Crippen LogP contribution in [0.2, 0.25) is 0 Å². The molecule has 0 aliphatic rings. The summed E-state index contributed by atoms with van der Waals surface area (Å²) in [6.07, 6.45) is 0. The molecular formula is C19H18FN3O2S. The largest absolute Gasteiger partial charge is 0.492 e. The fourth-order valence-electron chi connectivity index (χ4n) is 2.35. The predicted octanol–water partition coefficient (Wildman–Crippen LogP) is 4.99. The molecule has 1 amide bonds. The third kappa shape index (κ3) is 4.18. The Morgan fingerprint density at radius 3 is 2.65 bits per heavy atom. The number of nitrogens with one attached hydrogen (secondary N) is 2. The Kier molecular flexibility index (Phi) is 5.48. The minimum absolute atomic E-state index is 0.251. The predicted molar refractivity (Wildman–Crippen MR) is 102 cm³/mol. The summed E-state index contributed by atoms with van der Waals surface area (Å²) in [6, 6.07) is 13.2. The lowest BCUT2D eigenvalue weighted by molar-refractivity contribution is 0.102. The number of thiazole rings is 1. The van der Waals surface area contributed by atoms with Crippen molar-refractivity contribution in [3.8, 4) is 5.75 Å². The fraction of sp³-hybridized carbons (Fsp3) is 0.158. The highest BCUT2D eigenvalue weighted by molar-refractivity contribution is 7.17. The van der Waals surface area contributed by atoms with E-state index in [9.17, 15) is 9.18 Å². The van der Waals surface area contributed by atoms with Gasteiger partial charge in [0, 0.05) is 5.69 Å². The van der Waals surface area contributed by atoms with Gasteiger partial charge in [-0.2, -0.15) is 0 Å². The molecule has 1 heterocycles. The average molecular weight is 371 g/mol. The van der Waals surface area contributed by atoms with E-state index in [1.807, 2.05) is 19.1 Å². The summed E-state index contributed by atoms with van der Waals surface area (Å²) >= 11 is 1.24. The summed E-state index contributed by atoms with van der Waals surface area (Å²) in [7, 11) is 0. The molecule has 0 bridgehead atoms. The molecule has 0 saturated heterocycles. The SMILES string of the molecule is CCOc1ccccc1NC(=O)c1sc(Nc2ccc(F)cc2)nc1C. The van der Waals surface area contributed by atoms with E-state index in [2.05, 4.69) is 15.6 Å². The van der Waals surface area contributed by atoms with Crippen LogP contribution in [-0.2, 0) is 0 Å². The quantitative estimate of drug-likeness (QED) is 0.641. The zero-order chi connectivity index (χ0) is 18.5. The van der Waals surface area contributed by atoms with Gasteiger partial charge in [-0.1, -0.05) is 23.5 Å². The van der Waals surface area contributed by atoms with Crippen molar-refractivity contribution in [1.29, 1.82) is 0 Å². The van der Waals surface area contributed by atoms with Crippen LogP contribution in [0.15, 0.2) is 48.5 Å². The summed E-state index contributed by atoms with van der Waals surface area (Å²) < 4.78 is 18.5. The van der Waals surface area contributed by atoms with E-state index in [1.165, 1.54) is 23.5 Å². The highest BCUT2D eigenvalue weighted by Gasteiger charge is 2.17. The monoisotopic (exact) mass is 371 g/mol. The van der Waals surface area contributed by atoms with Crippen LogP contribution in [0.25, 0.3) is 0 Å². The molecule has 3 rings (SSSR count). The van der Waals surface area contributed by atoms with Crippen LogP contribution in [0.4, 0.5) is 20.9 Å². The number of amides is 1. The van der Waals surface area contributed by atoms with Crippen molar-refractivity contribution < 1.29 is 13.9 Å². The number of nitrogens with zero attached hydrogens (tertiary/aromatic N) is 1. The molecule has 5 nitrogen and oxygen atoms in total. The number of hydrogen-bond donors (Lipinski definition) is 2. The normalized spacial score (nSPS) is 10.4. The molecular weight excluding hydrogens is 353 g/mol. The number of ether oxygens (including phenoxy) is 1. The van der Waals surface area contributed by atoms with E-state index in [0.717, 1.165) is 0 Å². The van der Waals surface area contributed by atoms with Crippen LogP contribution in [0.1, 0.15) is 22.3 Å². The molecule has 0 saturated carbocycles. The van der Waals surface area contributed by atoms with Crippen molar-refractivity contribution in [2.45, 2.75) is 13.8 Å². The van der Waals surface area contributed by atoms with Gasteiger partial charge in [0.15, 0.2) is 5.13 Å². The maximum atomic E-state index is 13.0. The Labute approximate surface area is 154 Å². The lowest BCUT2D eigenvalue weighted by Gasteiger charge is -2.10. The second-order valence-electron chi connectivity index (χ2n) is 5.45. The lowest BCUT2D eigenvalue weighted by Crippen LogP contribution is -2.12. The number of rotatable bonds is 6. The van der Waals surface area contributed by atoms with Crippen molar-refractivity contribution in [2.24, 2.45) is 0 Å². The van der Waals surface area contributed by atoms with Gasteiger partial charge in [-0.15, -0.1) is 0 Å². The Bertz CT molecular complexity index is 909. The molecule has 0 radical (unpaired) electrons. The second kappa shape index (κ2) is 7.97. The van der Waals surface area contributed by atoms with Gasteiger partial charge in [-0.3, -0.25) is 4.79 Å². The van der Waals surface area contributed by atoms with E-state index in [4.69, 9.17) is 4.74 Å². The van der Waals surface area contributed by atoms with E-state index >= 15 is 0 Å².